The number of para-hydroxylation sites is 1. The van der Waals surface area contributed by atoms with Gasteiger partial charge in [-0.2, -0.15) is 13.2 Å². The molecule has 0 aliphatic rings. The fourth-order valence-corrected chi connectivity index (χ4v) is 2.63. The standard InChI is InChI=1S/C12H9F3N6OS/c13-12(14,15)10-19-20-11(21(10)16)23-5-8-17-7-4-2-1-3-6(7)9(22)18-8/h1-4H,5,16H2,(H,17,18,22). The molecule has 0 aliphatic carbocycles. The van der Waals surface area contributed by atoms with Crippen LogP contribution >= 0.6 is 11.8 Å². The minimum absolute atomic E-state index is 0.0905. The van der Waals surface area contributed by atoms with E-state index in [-0.39, 0.29) is 16.5 Å². The molecule has 0 amide bonds. The molecule has 1 aromatic carbocycles. The van der Waals surface area contributed by atoms with Crippen molar-refractivity contribution in [1.82, 2.24) is 24.8 Å². The number of aromatic amines is 1. The first-order valence-electron chi connectivity index (χ1n) is 6.24. The van der Waals surface area contributed by atoms with Crippen molar-refractivity contribution >= 4 is 22.7 Å². The van der Waals surface area contributed by atoms with Crippen molar-refractivity contribution in [2.75, 3.05) is 5.84 Å². The van der Waals surface area contributed by atoms with Crippen molar-refractivity contribution in [3.05, 3.63) is 46.3 Å². The summed E-state index contributed by atoms with van der Waals surface area (Å²) in [6.45, 7) is 0. The lowest BCUT2D eigenvalue weighted by Crippen LogP contribution is -2.21. The Morgan fingerprint density at radius 1 is 1.26 bits per heavy atom. The van der Waals surface area contributed by atoms with Crippen molar-refractivity contribution in [3.63, 3.8) is 0 Å². The van der Waals surface area contributed by atoms with Crippen LogP contribution in [0, 0.1) is 0 Å². The number of halogens is 3. The first kappa shape index (κ1) is 15.3. The maximum Gasteiger partial charge on any atom is 0.453 e. The van der Waals surface area contributed by atoms with Gasteiger partial charge in [-0.1, -0.05) is 23.9 Å². The van der Waals surface area contributed by atoms with Gasteiger partial charge in [0.2, 0.25) is 5.16 Å². The molecule has 0 fully saturated rings. The molecule has 23 heavy (non-hydrogen) atoms. The number of fused-ring (bicyclic) bond motifs is 1. The van der Waals surface area contributed by atoms with Crippen LogP contribution in [0.1, 0.15) is 11.6 Å². The van der Waals surface area contributed by atoms with Crippen LogP contribution in [0.3, 0.4) is 0 Å². The fraction of sp³-hybridized carbons (Fsp3) is 0.167. The number of nitrogen functional groups attached to an aromatic ring is 1. The number of benzene rings is 1. The highest BCUT2D eigenvalue weighted by atomic mass is 32.2. The van der Waals surface area contributed by atoms with Gasteiger partial charge in [-0.05, 0) is 12.1 Å². The first-order valence-corrected chi connectivity index (χ1v) is 7.23. The molecule has 0 saturated heterocycles. The maximum atomic E-state index is 12.6. The van der Waals surface area contributed by atoms with Gasteiger partial charge in [0.05, 0.1) is 16.7 Å². The number of H-pyrrole nitrogens is 1. The predicted octanol–water partition coefficient (Wildman–Crippen LogP) is 1.54. The zero-order valence-electron chi connectivity index (χ0n) is 11.3. The van der Waals surface area contributed by atoms with Crippen molar-refractivity contribution in [1.29, 1.82) is 0 Å². The second-order valence-electron chi connectivity index (χ2n) is 4.49. The zero-order chi connectivity index (χ0) is 16.6. The Labute approximate surface area is 130 Å². The van der Waals surface area contributed by atoms with Gasteiger partial charge in [0, 0.05) is 0 Å². The van der Waals surface area contributed by atoms with Crippen LogP contribution in [0.2, 0.25) is 0 Å². The molecular weight excluding hydrogens is 333 g/mol. The molecule has 7 nitrogen and oxygen atoms in total. The van der Waals surface area contributed by atoms with E-state index >= 15 is 0 Å². The summed E-state index contributed by atoms with van der Waals surface area (Å²) in [6.07, 6.45) is -4.68. The molecular formula is C12H9F3N6OS. The fourth-order valence-electron chi connectivity index (χ4n) is 1.90. The number of hydrogen-bond donors (Lipinski definition) is 2. The number of aromatic nitrogens is 5. The Balaban J connectivity index is 1.84. The van der Waals surface area contributed by atoms with Crippen LogP contribution in [0.15, 0.2) is 34.2 Å². The lowest BCUT2D eigenvalue weighted by molar-refractivity contribution is -0.146. The highest BCUT2D eigenvalue weighted by Crippen LogP contribution is 2.29. The normalized spacial score (nSPS) is 12.0. The Hall–Kier alpha value is -2.56. The SMILES string of the molecule is Nn1c(SCc2nc3ccccc3c(=O)[nH]2)nnc1C(F)(F)F. The predicted molar refractivity (Wildman–Crippen MR) is 77.1 cm³/mol. The molecule has 0 bridgehead atoms. The van der Waals surface area contributed by atoms with Gasteiger partial charge in [0.15, 0.2) is 0 Å². The van der Waals surface area contributed by atoms with Crippen LogP contribution in [0.4, 0.5) is 13.2 Å². The van der Waals surface area contributed by atoms with Crippen molar-refractivity contribution in [2.24, 2.45) is 0 Å². The number of hydrogen-bond acceptors (Lipinski definition) is 6. The number of nitrogens with zero attached hydrogens (tertiary/aromatic N) is 4. The summed E-state index contributed by atoms with van der Waals surface area (Å²) in [6, 6.07) is 6.75. The van der Waals surface area contributed by atoms with Gasteiger partial charge >= 0.3 is 6.18 Å². The van der Waals surface area contributed by atoms with Gasteiger partial charge in [0.25, 0.3) is 11.4 Å². The van der Waals surface area contributed by atoms with Gasteiger partial charge in [-0.25, -0.2) is 9.66 Å². The molecule has 0 atom stereocenters. The van der Waals surface area contributed by atoms with E-state index in [2.05, 4.69) is 20.2 Å². The van der Waals surface area contributed by atoms with Crippen LogP contribution in [0.25, 0.3) is 10.9 Å². The Morgan fingerprint density at radius 2 is 2.00 bits per heavy atom. The van der Waals surface area contributed by atoms with E-state index in [0.717, 1.165) is 11.8 Å². The smallest absolute Gasteiger partial charge is 0.335 e. The molecule has 3 N–H and O–H groups in total. The van der Waals surface area contributed by atoms with Gasteiger partial charge in [0.1, 0.15) is 5.82 Å². The van der Waals surface area contributed by atoms with Crippen LogP contribution < -0.4 is 11.4 Å². The molecule has 2 heterocycles. The van der Waals surface area contributed by atoms with E-state index in [1.54, 1.807) is 24.3 Å². The zero-order valence-corrected chi connectivity index (χ0v) is 12.1. The quantitative estimate of drug-likeness (QED) is 0.553. The van der Waals surface area contributed by atoms with E-state index in [1.165, 1.54) is 0 Å². The largest absolute Gasteiger partial charge is 0.453 e. The summed E-state index contributed by atoms with van der Waals surface area (Å²) in [5.74, 6) is 4.43. The average Bonchev–Trinajstić information content (AvgIpc) is 2.86. The monoisotopic (exact) mass is 342 g/mol. The Morgan fingerprint density at radius 3 is 2.70 bits per heavy atom. The maximum absolute atomic E-state index is 12.6. The highest BCUT2D eigenvalue weighted by molar-refractivity contribution is 7.98. The summed E-state index contributed by atoms with van der Waals surface area (Å²) in [4.78, 5) is 18.7. The lowest BCUT2D eigenvalue weighted by atomic mass is 10.2. The molecule has 0 saturated carbocycles. The average molecular weight is 342 g/mol. The molecule has 2 aromatic heterocycles. The van der Waals surface area contributed by atoms with E-state index in [9.17, 15) is 18.0 Å². The molecule has 0 radical (unpaired) electrons. The third kappa shape index (κ3) is 2.99. The number of nitrogens with one attached hydrogen (secondary N) is 1. The van der Waals surface area contributed by atoms with E-state index in [4.69, 9.17) is 5.84 Å². The summed E-state index contributed by atoms with van der Waals surface area (Å²) in [5.41, 5.74) is 0.174. The topological polar surface area (TPSA) is 102 Å². The van der Waals surface area contributed by atoms with Crippen molar-refractivity contribution < 1.29 is 13.2 Å². The van der Waals surface area contributed by atoms with Crippen molar-refractivity contribution in [2.45, 2.75) is 17.1 Å². The summed E-state index contributed by atoms with van der Waals surface area (Å²) >= 11 is 0.886. The van der Waals surface area contributed by atoms with E-state index in [1.807, 2.05) is 0 Å². The second-order valence-corrected chi connectivity index (χ2v) is 5.43. The summed E-state index contributed by atoms with van der Waals surface area (Å²) in [5, 5.41) is 6.71. The molecule has 3 rings (SSSR count). The van der Waals surface area contributed by atoms with Crippen LogP contribution in [-0.2, 0) is 11.9 Å². The molecule has 120 valence electrons. The number of rotatable bonds is 3. The first-order chi connectivity index (χ1) is 10.9. The minimum Gasteiger partial charge on any atom is -0.335 e. The van der Waals surface area contributed by atoms with Gasteiger partial charge < -0.3 is 10.8 Å². The van der Waals surface area contributed by atoms with Gasteiger partial charge in [-0.15, -0.1) is 10.2 Å². The Kier molecular flexibility index (Phi) is 3.72. The minimum atomic E-state index is -4.68. The van der Waals surface area contributed by atoms with Gasteiger partial charge in [-0.3, -0.25) is 4.79 Å². The molecule has 3 aromatic rings. The molecule has 0 unspecified atom stereocenters. The third-order valence-electron chi connectivity index (χ3n) is 2.92. The number of alkyl halides is 3. The summed E-state index contributed by atoms with van der Waals surface area (Å²) < 4.78 is 38.1. The number of thioether (sulfide) groups is 1. The van der Waals surface area contributed by atoms with Crippen LogP contribution in [-0.4, -0.2) is 24.8 Å². The second kappa shape index (κ2) is 5.57. The molecule has 0 aliphatic heterocycles. The van der Waals surface area contributed by atoms with E-state index in [0.29, 0.717) is 21.4 Å². The van der Waals surface area contributed by atoms with Crippen LogP contribution in [0.5, 0.6) is 0 Å². The lowest BCUT2D eigenvalue weighted by Gasteiger charge is -2.06. The van der Waals surface area contributed by atoms with E-state index < -0.39 is 12.0 Å². The van der Waals surface area contributed by atoms with Crippen molar-refractivity contribution in [3.8, 4) is 0 Å². The Bertz CT molecular complexity index is 919. The third-order valence-corrected chi connectivity index (χ3v) is 3.87. The number of nitrogens with two attached hydrogens (primary N) is 1. The molecule has 11 heteroatoms. The highest BCUT2D eigenvalue weighted by Gasteiger charge is 2.38. The summed E-state index contributed by atoms with van der Waals surface area (Å²) in [7, 11) is 0. The molecule has 0 spiro atoms.